The molecule has 1 atom stereocenters. The van der Waals surface area contributed by atoms with Gasteiger partial charge < -0.3 is 10.0 Å². The Morgan fingerprint density at radius 1 is 1.56 bits per heavy atom. The number of rotatable bonds is 1. The molecule has 0 amide bonds. The van der Waals surface area contributed by atoms with Crippen molar-refractivity contribution in [3.8, 4) is 0 Å². The van der Waals surface area contributed by atoms with Gasteiger partial charge in [0.15, 0.2) is 0 Å². The van der Waals surface area contributed by atoms with Gasteiger partial charge in [-0.05, 0) is 6.08 Å². The highest BCUT2D eigenvalue weighted by Gasteiger charge is 2.20. The Balaban J connectivity index is 2.46. The van der Waals surface area contributed by atoms with E-state index < -0.39 is 7.12 Å². The van der Waals surface area contributed by atoms with Crippen molar-refractivity contribution in [2.75, 3.05) is 6.54 Å². The fourth-order valence-electron chi connectivity index (χ4n) is 0.690. The van der Waals surface area contributed by atoms with Gasteiger partial charge in [-0.25, -0.2) is 0 Å². The zero-order valence-electron chi connectivity index (χ0n) is 4.94. The quantitative estimate of drug-likeness (QED) is 0.463. The predicted octanol–water partition coefficient (Wildman–Crippen LogP) is -0.530. The standard InChI is InChI=1S/C5H8BNO2/c8-6(9)5-2-1-3-7-4-5/h1-3,5,8-9H,4H2. The molecule has 0 radical (unpaired) electrons. The average molecular weight is 125 g/mol. The van der Waals surface area contributed by atoms with E-state index in [1.165, 1.54) is 0 Å². The number of hydrogen-bond donors (Lipinski definition) is 2. The lowest BCUT2D eigenvalue weighted by molar-refractivity contribution is 0.395. The van der Waals surface area contributed by atoms with Crippen LogP contribution in [-0.4, -0.2) is 29.9 Å². The third kappa shape index (κ3) is 1.66. The van der Waals surface area contributed by atoms with Crippen molar-refractivity contribution in [1.82, 2.24) is 0 Å². The van der Waals surface area contributed by atoms with Crippen LogP contribution < -0.4 is 0 Å². The molecule has 1 heterocycles. The molecule has 0 saturated heterocycles. The lowest BCUT2D eigenvalue weighted by Gasteiger charge is -2.09. The maximum absolute atomic E-state index is 8.61. The second-order valence-electron chi connectivity index (χ2n) is 1.98. The van der Waals surface area contributed by atoms with Gasteiger partial charge in [0.1, 0.15) is 0 Å². The van der Waals surface area contributed by atoms with E-state index in [2.05, 4.69) is 4.99 Å². The fourth-order valence-corrected chi connectivity index (χ4v) is 0.690. The van der Waals surface area contributed by atoms with Crippen LogP contribution in [0.25, 0.3) is 0 Å². The summed E-state index contributed by atoms with van der Waals surface area (Å²) >= 11 is 0. The van der Waals surface area contributed by atoms with E-state index >= 15 is 0 Å². The Kier molecular flexibility index (Phi) is 2.03. The molecule has 4 heteroatoms. The third-order valence-electron chi connectivity index (χ3n) is 1.25. The smallest absolute Gasteiger partial charge is 0.427 e. The molecule has 1 aliphatic heterocycles. The minimum absolute atomic E-state index is 0.213. The van der Waals surface area contributed by atoms with Crippen molar-refractivity contribution in [2.24, 2.45) is 4.99 Å². The highest BCUT2D eigenvalue weighted by atomic mass is 16.4. The van der Waals surface area contributed by atoms with Crippen LogP contribution in [-0.2, 0) is 0 Å². The molecule has 0 saturated carbocycles. The van der Waals surface area contributed by atoms with Crippen molar-refractivity contribution in [1.29, 1.82) is 0 Å². The number of nitrogens with zero attached hydrogens (tertiary/aromatic N) is 1. The maximum atomic E-state index is 8.61. The summed E-state index contributed by atoms with van der Waals surface area (Å²) in [6.45, 7) is 0.480. The predicted molar refractivity (Wildman–Crippen MR) is 36.4 cm³/mol. The van der Waals surface area contributed by atoms with Crippen molar-refractivity contribution in [2.45, 2.75) is 5.82 Å². The SMILES string of the molecule is OB(O)C1C=CC=NC1. The lowest BCUT2D eigenvalue weighted by Crippen LogP contribution is -2.21. The monoisotopic (exact) mass is 125 g/mol. The molecule has 0 aliphatic carbocycles. The van der Waals surface area contributed by atoms with Gasteiger partial charge in [-0.15, -0.1) is 0 Å². The molecule has 1 unspecified atom stereocenters. The van der Waals surface area contributed by atoms with Gasteiger partial charge >= 0.3 is 7.12 Å². The number of dihydropyridines is 1. The van der Waals surface area contributed by atoms with Gasteiger partial charge in [0.05, 0.1) is 0 Å². The average Bonchev–Trinajstić information content (AvgIpc) is 1.90. The van der Waals surface area contributed by atoms with Crippen LogP contribution in [0.3, 0.4) is 0 Å². The van der Waals surface area contributed by atoms with Gasteiger partial charge in [-0.3, -0.25) is 4.99 Å². The zero-order chi connectivity index (χ0) is 6.69. The lowest BCUT2D eigenvalue weighted by atomic mass is 9.72. The number of aliphatic imine (C=N–C) groups is 1. The van der Waals surface area contributed by atoms with Crippen molar-refractivity contribution in [3.63, 3.8) is 0 Å². The van der Waals surface area contributed by atoms with Crippen LogP contribution in [0, 0.1) is 0 Å². The van der Waals surface area contributed by atoms with E-state index in [0.29, 0.717) is 6.54 Å². The highest BCUT2D eigenvalue weighted by molar-refractivity contribution is 6.44. The van der Waals surface area contributed by atoms with Crippen LogP contribution in [0.5, 0.6) is 0 Å². The van der Waals surface area contributed by atoms with E-state index in [4.69, 9.17) is 10.0 Å². The fraction of sp³-hybridized carbons (Fsp3) is 0.400. The summed E-state index contributed by atoms with van der Waals surface area (Å²) in [5.74, 6) is -0.213. The zero-order valence-corrected chi connectivity index (χ0v) is 4.94. The molecular formula is C5H8BNO2. The van der Waals surface area contributed by atoms with Crippen molar-refractivity contribution < 1.29 is 10.0 Å². The van der Waals surface area contributed by atoms with E-state index in [0.717, 1.165) is 0 Å². The molecule has 0 aromatic carbocycles. The number of allylic oxidation sites excluding steroid dienone is 1. The Morgan fingerprint density at radius 2 is 2.33 bits per heavy atom. The summed E-state index contributed by atoms with van der Waals surface area (Å²) in [7, 11) is -1.27. The second-order valence-corrected chi connectivity index (χ2v) is 1.98. The highest BCUT2D eigenvalue weighted by Crippen LogP contribution is 2.10. The van der Waals surface area contributed by atoms with E-state index in [9.17, 15) is 0 Å². The first-order chi connectivity index (χ1) is 4.30. The Labute approximate surface area is 53.9 Å². The summed E-state index contributed by atoms with van der Waals surface area (Å²) in [4.78, 5) is 3.85. The van der Waals surface area contributed by atoms with Crippen LogP contribution in [0.4, 0.5) is 0 Å². The largest absolute Gasteiger partial charge is 0.460 e. The molecule has 3 nitrogen and oxygen atoms in total. The first-order valence-corrected chi connectivity index (χ1v) is 2.83. The summed E-state index contributed by atoms with van der Waals surface area (Å²) in [6.07, 6.45) is 5.10. The molecule has 0 spiro atoms. The van der Waals surface area contributed by atoms with Crippen LogP contribution >= 0.6 is 0 Å². The molecule has 1 rings (SSSR count). The first-order valence-electron chi connectivity index (χ1n) is 2.83. The Hall–Kier alpha value is -0.605. The molecule has 48 valence electrons. The first kappa shape index (κ1) is 6.51. The molecule has 1 aliphatic rings. The molecule has 9 heavy (non-hydrogen) atoms. The molecule has 0 aromatic rings. The third-order valence-corrected chi connectivity index (χ3v) is 1.25. The molecular weight excluding hydrogens is 117 g/mol. The second kappa shape index (κ2) is 2.80. The van der Waals surface area contributed by atoms with E-state index in [-0.39, 0.29) is 5.82 Å². The van der Waals surface area contributed by atoms with Crippen LogP contribution in [0.1, 0.15) is 0 Å². The van der Waals surface area contributed by atoms with Crippen molar-refractivity contribution in [3.05, 3.63) is 12.2 Å². The van der Waals surface area contributed by atoms with Crippen molar-refractivity contribution >= 4 is 13.3 Å². The number of hydrogen-bond acceptors (Lipinski definition) is 3. The van der Waals surface area contributed by atoms with E-state index in [1.807, 2.05) is 0 Å². The minimum atomic E-state index is -1.27. The molecule has 0 fully saturated rings. The molecule has 2 N–H and O–H groups in total. The van der Waals surface area contributed by atoms with Gasteiger partial charge in [0.2, 0.25) is 0 Å². The van der Waals surface area contributed by atoms with Gasteiger partial charge in [0, 0.05) is 18.6 Å². The van der Waals surface area contributed by atoms with Gasteiger partial charge in [-0.2, -0.15) is 0 Å². The van der Waals surface area contributed by atoms with Gasteiger partial charge in [-0.1, -0.05) is 6.08 Å². The summed E-state index contributed by atoms with van der Waals surface area (Å²) in [6, 6.07) is 0. The summed E-state index contributed by atoms with van der Waals surface area (Å²) in [5, 5.41) is 17.2. The van der Waals surface area contributed by atoms with Crippen LogP contribution in [0.2, 0.25) is 5.82 Å². The normalized spacial score (nSPS) is 24.4. The molecule has 0 aromatic heterocycles. The Morgan fingerprint density at radius 3 is 2.67 bits per heavy atom. The van der Waals surface area contributed by atoms with E-state index in [1.54, 1.807) is 18.4 Å². The Bertz CT molecular complexity index is 144. The molecule has 0 bridgehead atoms. The topological polar surface area (TPSA) is 52.8 Å². The maximum Gasteiger partial charge on any atom is 0.460 e. The summed E-state index contributed by atoms with van der Waals surface area (Å²) in [5.41, 5.74) is 0. The van der Waals surface area contributed by atoms with Gasteiger partial charge in [0.25, 0.3) is 0 Å². The summed E-state index contributed by atoms with van der Waals surface area (Å²) < 4.78 is 0. The minimum Gasteiger partial charge on any atom is -0.427 e. The van der Waals surface area contributed by atoms with Crippen LogP contribution in [0.15, 0.2) is 17.1 Å².